The van der Waals surface area contributed by atoms with E-state index in [1.807, 2.05) is 0 Å². The summed E-state index contributed by atoms with van der Waals surface area (Å²) >= 11 is 0. The van der Waals surface area contributed by atoms with E-state index in [2.05, 4.69) is 143 Å². The maximum Gasteiger partial charge on any atom is 0.266 e. The van der Waals surface area contributed by atoms with Gasteiger partial charge in [0, 0.05) is 27.5 Å². The van der Waals surface area contributed by atoms with Crippen LogP contribution in [-0.2, 0) is 0 Å². The molecule has 2 aromatic heterocycles. The minimum Gasteiger partial charge on any atom is -0.441 e. The van der Waals surface area contributed by atoms with Gasteiger partial charge in [0.05, 0.1) is 17.1 Å². The van der Waals surface area contributed by atoms with Gasteiger partial charge < -0.3 is 14.0 Å². The number of ether oxygens (including phenoxy) is 2. The van der Waals surface area contributed by atoms with Gasteiger partial charge in [0.1, 0.15) is 11.5 Å². The number of para-hydroxylation sites is 3. The lowest BCUT2D eigenvalue weighted by molar-refractivity contribution is 0.420. The highest BCUT2D eigenvalue weighted by atomic mass is 16.5. The van der Waals surface area contributed by atoms with Crippen molar-refractivity contribution < 1.29 is 9.47 Å². The van der Waals surface area contributed by atoms with Crippen molar-refractivity contribution in [1.29, 1.82) is 0 Å². The normalized spacial score (nSPS) is 16.2. The molecule has 1 atom stereocenters. The van der Waals surface area contributed by atoms with Crippen molar-refractivity contribution in [3.05, 3.63) is 133 Å². The molecular formula is C38H25BN2O2. The van der Waals surface area contributed by atoms with Crippen molar-refractivity contribution in [1.82, 2.24) is 9.13 Å². The number of aromatic nitrogens is 2. The summed E-state index contributed by atoms with van der Waals surface area (Å²) < 4.78 is 18.9. The van der Waals surface area contributed by atoms with Crippen molar-refractivity contribution in [2.24, 2.45) is 0 Å². The van der Waals surface area contributed by atoms with Crippen LogP contribution in [0, 0.1) is 0 Å². The number of allylic oxidation sites excluding steroid dienone is 4. The highest BCUT2D eigenvalue weighted by molar-refractivity contribution is 7.01. The summed E-state index contributed by atoms with van der Waals surface area (Å²) in [6.07, 6.45) is 9.74. The largest absolute Gasteiger partial charge is 0.441 e. The number of rotatable bonds is 2. The van der Waals surface area contributed by atoms with Crippen LogP contribution in [0.25, 0.3) is 38.3 Å². The lowest BCUT2D eigenvalue weighted by Crippen LogP contribution is -2.57. The van der Waals surface area contributed by atoms with Crippen LogP contribution in [0.5, 0.6) is 23.3 Å². The van der Waals surface area contributed by atoms with Crippen LogP contribution in [0.4, 0.5) is 0 Å². The van der Waals surface area contributed by atoms with Gasteiger partial charge in [-0.1, -0.05) is 103 Å². The number of fused-ring (bicyclic) bond motifs is 10. The molecule has 3 aliphatic rings. The monoisotopic (exact) mass is 552 g/mol. The molecule has 10 rings (SSSR count). The lowest BCUT2D eigenvalue weighted by atomic mass is 9.34. The summed E-state index contributed by atoms with van der Waals surface area (Å²) in [4.78, 5) is 0. The van der Waals surface area contributed by atoms with Crippen LogP contribution in [0.1, 0.15) is 12.5 Å². The standard InChI is InChI=1S/C38H25BN2O2/c1-3-14-25(15-4-1)40-30-21-11-9-19-28(30)33-37(40)42-32-23-24-13-7-8-18-27(24)36-35(32)39(33)34-29-20-10-12-22-31(29)41(38(34)43-36)26-16-5-2-6-17-26/h1-16,18-23,26H,17H2. The zero-order valence-electron chi connectivity index (χ0n) is 23.3. The van der Waals surface area contributed by atoms with Crippen LogP contribution >= 0.6 is 0 Å². The Hall–Kier alpha value is -5.42. The predicted octanol–water partition coefficient (Wildman–Crippen LogP) is 7.52. The number of benzene rings is 5. The van der Waals surface area contributed by atoms with E-state index in [-0.39, 0.29) is 12.8 Å². The minimum atomic E-state index is -0.0637. The van der Waals surface area contributed by atoms with Crippen molar-refractivity contribution in [2.75, 3.05) is 0 Å². The van der Waals surface area contributed by atoms with Crippen LogP contribution in [0.15, 0.2) is 133 Å². The summed E-state index contributed by atoms with van der Waals surface area (Å²) in [6.45, 7) is -0.0637. The molecule has 5 heteroatoms. The average Bonchev–Trinajstić information content (AvgIpc) is 3.58. The van der Waals surface area contributed by atoms with Crippen molar-refractivity contribution in [2.45, 2.75) is 12.5 Å². The molecule has 0 fully saturated rings. The molecule has 0 radical (unpaired) electrons. The topological polar surface area (TPSA) is 28.3 Å². The number of hydrogen-bond acceptors (Lipinski definition) is 2. The fourth-order valence-electron chi connectivity index (χ4n) is 7.60. The van der Waals surface area contributed by atoms with Gasteiger partial charge in [0.2, 0.25) is 5.88 Å². The molecule has 0 bridgehead atoms. The molecule has 4 nitrogen and oxygen atoms in total. The molecule has 4 heterocycles. The Morgan fingerprint density at radius 2 is 1.33 bits per heavy atom. The van der Waals surface area contributed by atoms with Gasteiger partial charge >= 0.3 is 0 Å². The average molecular weight is 552 g/mol. The number of hydrogen-bond donors (Lipinski definition) is 0. The molecule has 2 aliphatic heterocycles. The summed E-state index contributed by atoms with van der Waals surface area (Å²) in [5.41, 5.74) is 6.92. The molecular weight excluding hydrogens is 527 g/mol. The molecule has 202 valence electrons. The second-order valence-corrected chi connectivity index (χ2v) is 11.6. The van der Waals surface area contributed by atoms with E-state index in [1.165, 1.54) is 27.2 Å². The third-order valence-corrected chi connectivity index (χ3v) is 9.35. The fourth-order valence-corrected chi connectivity index (χ4v) is 7.60. The summed E-state index contributed by atoms with van der Waals surface area (Å²) in [7, 11) is 0. The molecule has 0 amide bonds. The van der Waals surface area contributed by atoms with Gasteiger partial charge in [-0.15, -0.1) is 0 Å². The second kappa shape index (κ2) is 8.56. The Kier molecular flexibility index (Phi) is 4.61. The molecule has 5 aromatic carbocycles. The van der Waals surface area contributed by atoms with E-state index in [1.54, 1.807) is 0 Å². The quantitative estimate of drug-likeness (QED) is 0.208. The second-order valence-electron chi connectivity index (χ2n) is 11.6. The Morgan fingerprint density at radius 1 is 0.628 bits per heavy atom. The molecule has 1 aliphatic carbocycles. The zero-order valence-corrected chi connectivity index (χ0v) is 23.3. The fraction of sp³-hybridized carbons (Fsp3) is 0.0526. The van der Waals surface area contributed by atoms with E-state index < -0.39 is 0 Å². The van der Waals surface area contributed by atoms with Crippen LogP contribution < -0.4 is 25.9 Å². The first kappa shape index (κ1) is 23.2. The van der Waals surface area contributed by atoms with Crippen LogP contribution in [0.2, 0.25) is 0 Å². The van der Waals surface area contributed by atoms with Crippen molar-refractivity contribution in [3.63, 3.8) is 0 Å². The Bertz CT molecular complexity index is 2340. The number of nitrogens with zero attached hydrogens (tertiary/aromatic N) is 2. The van der Waals surface area contributed by atoms with E-state index in [0.717, 1.165) is 57.1 Å². The van der Waals surface area contributed by atoms with Crippen molar-refractivity contribution >= 4 is 55.7 Å². The van der Waals surface area contributed by atoms with Crippen LogP contribution in [0.3, 0.4) is 0 Å². The van der Waals surface area contributed by atoms with Gasteiger partial charge in [0.15, 0.2) is 5.88 Å². The van der Waals surface area contributed by atoms with Gasteiger partial charge in [-0.05, 0) is 52.9 Å². The van der Waals surface area contributed by atoms with E-state index >= 15 is 0 Å². The highest BCUT2D eigenvalue weighted by Gasteiger charge is 2.47. The highest BCUT2D eigenvalue weighted by Crippen LogP contribution is 2.45. The van der Waals surface area contributed by atoms with E-state index in [4.69, 9.17) is 9.47 Å². The SMILES string of the molecule is C1=CCC(n2c3c(c4ccccc42)B2c4c(cc5ccccc5c4O3)Oc3c2c2ccccc2n3-c2ccccc2)C=C1. The third kappa shape index (κ3) is 3.06. The Morgan fingerprint density at radius 3 is 2.14 bits per heavy atom. The molecule has 0 saturated heterocycles. The van der Waals surface area contributed by atoms with E-state index in [0.29, 0.717) is 0 Å². The lowest BCUT2D eigenvalue weighted by Gasteiger charge is -2.33. The van der Waals surface area contributed by atoms with Crippen LogP contribution in [-0.4, -0.2) is 15.8 Å². The first-order valence-corrected chi connectivity index (χ1v) is 14.9. The summed E-state index contributed by atoms with van der Waals surface area (Å²) in [5, 5.41) is 4.62. The maximum atomic E-state index is 7.14. The van der Waals surface area contributed by atoms with E-state index in [9.17, 15) is 0 Å². The molecule has 1 unspecified atom stereocenters. The van der Waals surface area contributed by atoms with Gasteiger partial charge in [0.25, 0.3) is 6.71 Å². The first-order valence-electron chi connectivity index (χ1n) is 14.9. The summed E-state index contributed by atoms with van der Waals surface area (Å²) in [6, 6.07) is 38.9. The smallest absolute Gasteiger partial charge is 0.266 e. The molecule has 7 aromatic rings. The molecule has 0 spiro atoms. The third-order valence-electron chi connectivity index (χ3n) is 9.35. The van der Waals surface area contributed by atoms with Crippen molar-refractivity contribution in [3.8, 4) is 28.9 Å². The van der Waals surface area contributed by atoms with Gasteiger partial charge in [-0.3, -0.25) is 4.57 Å². The summed E-state index contributed by atoms with van der Waals surface area (Å²) in [5.74, 6) is 3.55. The molecule has 43 heavy (non-hydrogen) atoms. The predicted molar refractivity (Wildman–Crippen MR) is 176 cm³/mol. The van der Waals surface area contributed by atoms with Gasteiger partial charge in [-0.2, -0.15) is 0 Å². The molecule has 0 N–H and O–H groups in total. The Labute approximate surface area is 248 Å². The van der Waals surface area contributed by atoms with Gasteiger partial charge in [-0.25, -0.2) is 0 Å². The zero-order chi connectivity index (χ0) is 28.1. The maximum absolute atomic E-state index is 7.14. The molecule has 0 saturated carbocycles. The Balaban J connectivity index is 1.38. The minimum absolute atomic E-state index is 0.0637. The first-order chi connectivity index (χ1) is 21.4.